The maximum absolute atomic E-state index is 13.2. The maximum atomic E-state index is 13.2. The molecule has 7 nitrogen and oxygen atoms in total. The molecule has 126 valence electrons. The highest BCUT2D eigenvalue weighted by atomic mass is 16.5. The molecule has 2 amide bonds. The van der Waals surface area contributed by atoms with Crippen molar-refractivity contribution in [1.82, 2.24) is 4.57 Å². The Morgan fingerprint density at radius 3 is 2.68 bits per heavy atom. The Bertz CT molecular complexity index is 921. The molecule has 0 aliphatic carbocycles. The van der Waals surface area contributed by atoms with Gasteiger partial charge in [-0.2, -0.15) is 5.26 Å². The number of benzene rings is 1. The largest absolute Gasteiger partial charge is 0.497 e. The Hall–Kier alpha value is -3.27. The fourth-order valence-corrected chi connectivity index (χ4v) is 3.54. The minimum Gasteiger partial charge on any atom is -0.497 e. The summed E-state index contributed by atoms with van der Waals surface area (Å²) >= 11 is 0. The quantitative estimate of drug-likeness (QED) is 0.907. The Morgan fingerprint density at radius 1 is 1.24 bits per heavy atom. The predicted octanol–water partition coefficient (Wildman–Crippen LogP) is 1.91. The van der Waals surface area contributed by atoms with Crippen LogP contribution in [0.1, 0.15) is 28.2 Å². The van der Waals surface area contributed by atoms with Gasteiger partial charge in [0.05, 0.1) is 18.4 Å². The molecule has 1 aromatic carbocycles. The lowest BCUT2D eigenvalue weighted by atomic mass is 10.1. The number of aromatic nitrogens is 1. The first kappa shape index (κ1) is 15.3. The van der Waals surface area contributed by atoms with Crippen molar-refractivity contribution in [3.8, 4) is 11.8 Å². The smallest absolute Gasteiger partial charge is 0.277 e. The highest BCUT2D eigenvalue weighted by molar-refractivity contribution is 6.17. The molecule has 2 aliphatic heterocycles. The van der Waals surface area contributed by atoms with Crippen molar-refractivity contribution in [3.63, 3.8) is 0 Å². The summed E-state index contributed by atoms with van der Waals surface area (Å²) in [7, 11) is 1.57. The van der Waals surface area contributed by atoms with Gasteiger partial charge in [-0.1, -0.05) is 0 Å². The SMILES string of the molecule is COc1ccc(N2CC(=O)Nc3c(C#N)c4n(c3C2=O)CCC4)cc1. The average Bonchev–Trinajstić information content (AvgIpc) is 3.16. The number of fused-ring (bicyclic) bond motifs is 3. The van der Waals surface area contributed by atoms with Crippen LogP contribution in [-0.4, -0.2) is 30.0 Å². The molecule has 4 rings (SSSR count). The van der Waals surface area contributed by atoms with E-state index in [1.165, 1.54) is 4.90 Å². The van der Waals surface area contributed by atoms with Gasteiger partial charge in [0.2, 0.25) is 5.91 Å². The molecule has 1 N–H and O–H groups in total. The molecule has 2 aromatic rings. The van der Waals surface area contributed by atoms with E-state index in [0.29, 0.717) is 34.9 Å². The minimum atomic E-state index is -0.316. The van der Waals surface area contributed by atoms with E-state index < -0.39 is 0 Å². The van der Waals surface area contributed by atoms with Gasteiger partial charge < -0.3 is 14.6 Å². The summed E-state index contributed by atoms with van der Waals surface area (Å²) in [4.78, 5) is 27.0. The van der Waals surface area contributed by atoms with Gasteiger partial charge in [-0.3, -0.25) is 14.5 Å². The molecule has 0 atom stereocenters. The molecular weight excluding hydrogens is 320 g/mol. The van der Waals surface area contributed by atoms with E-state index >= 15 is 0 Å². The third-order valence-corrected chi connectivity index (χ3v) is 4.68. The fourth-order valence-electron chi connectivity index (χ4n) is 3.54. The summed E-state index contributed by atoms with van der Waals surface area (Å²) < 4.78 is 7.01. The van der Waals surface area contributed by atoms with Crippen LogP contribution in [0.2, 0.25) is 0 Å². The number of rotatable bonds is 2. The molecule has 0 radical (unpaired) electrons. The first-order chi connectivity index (χ1) is 12.1. The zero-order valence-corrected chi connectivity index (χ0v) is 13.7. The molecular formula is C18H16N4O3. The second kappa shape index (κ2) is 5.67. The van der Waals surface area contributed by atoms with Crippen LogP contribution in [0.5, 0.6) is 5.75 Å². The van der Waals surface area contributed by atoms with Gasteiger partial charge in [-0.25, -0.2) is 0 Å². The van der Waals surface area contributed by atoms with Crippen LogP contribution in [0.4, 0.5) is 11.4 Å². The number of carbonyl (C=O) groups is 2. The monoisotopic (exact) mass is 336 g/mol. The molecule has 0 saturated carbocycles. The number of hydrogen-bond acceptors (Lipinski definition) is 4. The van der Waals surface area contributed by atoms with Gasteiger partial charge in [-0.15, -0.1) is 0 Å². The number of methoxy groups -OCH3 is 1. The predicted molar refractivity (Wildman–Crippen MR) is 90.8 cm³/mol. The number of nitrogens with zero attached hydrogens (tertiary/aromatic N) is 3. The Labute approximate surface area is 144 Å². The number of nitriles is 1. The van der Waals surface area contributed by atoms with Crippen molar-refractivity contribution in [2.24, 2.45) is 0 Å². The number of amides is 2. The Morgan fingerprint density at radius 2 is 2.00 bits per heavy atom. The molecule has 0 spiro atoms. The summed E-state index contributed by atoms with van der Waals surface area (Å²) in [6, 6.07) is 9.13. The van der Waals surface area contributed by atoms with Gasteiger partial charge in [0, 0.05) is 17.9 Å². The summed E-state index contributed by atoms with van der Waals surface area (Å²) in [6.07, 6.45) is 1.63. The zero-order chi connectivity index (χ0) is 17.6. The van der Waals surface area contributed by atoms with E-state index in [2.05, 4.69) is 11.4 Å². The third kappa shape index (κ3) is 2.26. The van der Waals surface area contributed by atoms with Crippen LogP contribution in [0, 0.1) is 11.3 Å². The molecule has 0 bridgehead atoms. The maximum Gasteiger partial charge on any atom is 0.277 e. The number of ether oxygens (including phenoxy) is 1. The van der Waals surface area contributed by atoms with Crippen molar-refractivity contribution in [3.05, 3.63) is 41.2 Å². The first-order valence-corrected chi connectivity index (χ1v) is 8.05. The van der Waals surface area contributed by atoms with Crippen molar-refractivity contribution >= 4 is 23.2 Å². The number of hydrogen-bond donors (Lipinski definition) is 1. The molecule has 3 heterocycles. The van der Waals surface area contributed by atoms with Crippen LogP contribution in [0.25, 0.3) is 0 Å². The molecule has 0 unspecified atom stereocenters. The van der Waals surface area contributed by atoms with E-state index in [4.69, 9.17) is 4.74 Å². The van der Waals surface area contributed by atoms with Crippen LogP contribution in [0.3, 0.4) is 0 Å². The van der Waals surface area contributed by atoms with E-state index in [1.54, 1.807) is 31.4 Å². The molecule has 25 heavy (non-hydrogen) atoms. The lowest BCUT2D eigenvalue weighted by molar-refractivity contribution is -0.114. The third-order valence-electron chi connectivity index (χ3n) is 4.68. The lowest BCUT2D eigenvalue weighted by Gasteiger charge is -2.20. The molecule has 7 heteroatoms. The van der Waals surface area contributed by atoms with Crippen molar-refractivity contribution in [1.29, 1.82) is 5.26 Å². The van der Waals surface area contributed by atoms with Gasteiger partial charge in [0.1, 0.15) is 24.1 Å². The molecule has 2 aliphatic rings. The molecule has 0 saturated heterocycles. The molecule has 0 fully saturated rings. The van der Waals surface area contributed by atoms with E-state index in [-0.39, 0.29) is 18.4 Å². The highest BCUT2D eigenvalue weighted by Gasteiger charge is 2.36. The second-order valence-corrected chi connectivity index (χ2v) is 6.05. The van der Waals surface area contributed by atoms with Crippen LogP contribution in [0.15, 0.2) is 24.3 Å². The summed E-state index contributed by atoms with van der Waals surface area (Å²) in [5, 5.41) is 12.3. The Kier molecular flexibility index (Phi) is 3.46. The zero-order valence-electron chi connectivity index (χ0n) is 13.7. The highest BCUT2D eigenvalue weighted by Crippen LogP contribution is 2.36. The van der Waals surface area contributed by atoms with E-state index in [0.717, 1.165) is 18.5 Å². The summed E-state index contributed by atoms with van der Waals surface area (Å²) in [5.41, 5.74) is 2.60. The first-order valence-electron chi connectivity index (χ1n) is 8.05. The topological polar surface area (TPSA) is 87.4 Å². The number of carbonyl (C=O) groups excluding carboxylic acids is 2. The van der Waals surface area contributed by atoms with Gasteiger partial charge >= 0.3 is 0 Å². The lowest BCUT2D eigenvalue weighted by Crippen LogP contribution is -2.36. The summed E-state index contributed by atoms with van der Waals surface area (Å²) in [5.74, 6) is 0.0818. The van der Waals surface area contributed by atoms with Crippen molar-refractivity contribution < 1.29 is 14.3 Å². The van der Waals surface area contributed by atoms with Crippen LogP contribution < -0.4 is 15.0 Å². The van der Waals surface area contributed by atoms with Crippen LogP contribution >= 0.6 is 0 Å². The number of anilines is 2. The van der Waals surface area contributed by atoms with Crippen LogP contribution in [-0.2, 0) is 17.8 Å². The van der Waals surface area contributed by atoms with Crippen molar-refractivity contribution in [2.75, 3.05) is 23.9 Å². The van der Waals surface area contributed by atoms with Gasteiger partial charge in [0.25, 0.3) is 5.91 Å². The summed E-state index contributed by atoms with van der Waals surface area (Å²) in [6.45, 7) is 0.581. The van der Waals surface area contributed by atoms with E-state index in [1.807, 2.05) is 4.57 Å². The average molecular weight is 336 g/mol. The van der Waals surface area contributed by atoms with E-state index in [9.17, 15) is 14.9 Å². The number of nitrogens with one attached hydrogen (secondary N) is 1. The standard InChI is InChI=1S/C18H16N4O3/c1-25-12-6-4-11(5-7-12)22-10-15(23)20-16-13(9-19)14-3-2-8-21(14)17(16)18(22)24/h4-7H,2-3,8,10H2,1H3,(H,20,23). The normalized spacial score (nSPS) is 15.9. The van der Waals surface area contributed by atoms with Gasteiger partial charge in [0.15, 0.2) is 0 Å². The van der Waals surface area contributed by atoms with Crippen molar-refractivity contribution in [2.45, 2.75) is 19.4 Å². The minimum absolute atomic E-state index is 0.0972. The Balaban J connectivity index is 1.84. The second-order valence-electron chi connectivity index (χ2n) is 6.05. The fraction of sp³-hybridized carbons (Fsp3) is 0.278. The molecule has 1 aromatic heterocycles. The van der Waals surface area contributed by atoms with Gasteiger partial charge in [-0.05, 0) is 37.1 Å².